The number of pyridine rings is 1. The van der Waals surface area contributed by atoms with Crippen LogP contribution >= 0.6 is 0 Å². The smallest absolute Gasteiger partial charge is 0.161 e. The van der Waals surface area contributed by atoms with Gasteiger partial charge < -0.3 is 4.90 Å². The van der Waals surface area contributed by atoms with Gasteiger partial charge in [0.05, 0.1) is 5.56 Å². The second kappa shape index (κ2) is 4.95. The van der Waals surface area contributed by atoms with E-state index >= 15 is 0 Å². The minimum Gasteiger partial charge on any atom is -0.362 e. The molecule has 5 nitrogen and oxygen atoms in total. The Morgan fingerprint density at radius 2 is 2.12 bits per heavy atom. The van der Waals surface area contributed by atoms with Gasteiger partial charge in [-0.3, -0.25) is 0 Å². The highest BCUT2D eigenvalue weighted by Gasteiger charge is 2.13. The first-order valence-electron chi connectivity index (χ1n) is 5.74. The highest BCUT2D eigenvalue weighted by atomic mass is 15.3. The van der Waals surface area contributed by atoms with Crippen LogP contribution in [0.4, 0.5) is 5.82 Å². The summed E-state index contributed by atoms with van der Waals surface area (Å²) in [6, 6.07) is 3.95. The first kappa shape index (κ1) is 11.6. The molecule has 0 aliphatic carbocycles. The van der Waals surface area contributed by atoms with Crippen LogP contribution in [0.15, 0.2) is 24.7 Å². The van der Waals surface area contributed by atoms with Crippen molar-refractivity contribution < 1.29 is 0 Å². The van der Waals surface area contributed by atoms with Crippen LogP contribution in [0, 0.1) is 0 Å². The number of aromatic nitrogens is 4. The third kappa shape index (κ3) is 2.27. The topological polar surface area (TPSA) is 46.8 Å². The van der Waals surface area contributed by atoms with Crippen molar-refractivity contribution in [2.24, 2.45) is 0 Å². The van der Waals surface area contributed by atoms with Gasteiger partial charge in [-0.25, -0.2) is 14.6 Å². The number of nitrogens with zero attached hydrogens (tertiary/aromatic N) is 5. The lowest BCUT2D eigenvalue weighted by Gasteiger charge is -2.15. The Morgan fingerprint density at radius 3 is 2.82 bits per heavy atom. The summed E-state index contributed by atoms with van der Waals surface area (Å²) in [6.45, 7) is 3.00. The lowest BCUT2D eigenvalue weighted by Crippen LogP contribution is -2.13. The van der Waals surface area contributed by atoms with Crippen molar-refractivity contribution in [1.29, 1.82) is 0 Å². The van der Waals surface area contributed by atoms with Gasteiger partial charge in [0.2, 0.25) is 0 Å². The largest absolute Gasteiger partial charge is 0.362 e. The molecule has 2 aromatic rings. The van der Waals surface area contributed by atoms with E-state index in [4.69, 9.17) is 0 Å². The van der Waals surface area contributed by atoms with E-state index in [1.165, 1.54) is 0 Å². The van der Waals surface area contributed by atoms with Gasteiger partial charge in [0.25, 0.3) is 0 Å². The fraction of sp³-hybridized carbons (Fsp3) is 0.417. The van der Waals surface area contributed by atoms with Gasteiger partial charge in [-0.1, -0.05) is 6.92 Å². The standard InChI is InChI=1S/C12H17N5/c1-4-8-17-12(14-9-15-17)10-6-5-7-13-11(10)16(2)3/h5-7,9H,4,8H2,1-3H3. The normalized spacial score (nSPS) is 10.5. The fourth-order valence-electron chi connectivity index (χ4n) is 1.78. The molecule has 2 aromatic heterocycles. The van der Waals surface area contributed by atoms with E-state index in [0.717, 1.165) is 30.2 Å². The van der Waals surface area contributed by atoms with Gasteiger partial charge in [-0.2, -0.15) is 5.10 Å². The Morgan fingerprint density at radius 1 is 1.29 bits per heavy atom. The molecule has 0 N–H and O–H groups in total. The molecule has 0 bridgehead atoms. The number of aryl methyl sites for hydroxylation is 1. The van der Waals surface area contributed by atoms with Crippen LogP contribution < -0.4 is 4.90 Å². The first-order chi connectivity index (χ1) is 8.24. The summed E-state index contributed by atoms with van der Waals surface area (Å²) in [6.07, 6.45) is 4.42. The third-order valence-electron chi connectivity index (χ3n) is 2.50. The van der Waals surface area contributed by atoms with Crippen molar-refractivity contribution in [1.82, 2.24) is 19.7 Å². The Bertz CT molecular complexity index is 489. The maximum absolute atomic E-state index is 4.38. The molecule has 90 valence electrons. The average Bonchev–Trinajstić information content (AvgIpc) is 2.77. The van der Waals surface area contributed by atoms with E-state index in [-0.39, 0.29) is 0 Å². The monoisotopic (exact) mass is 231 g/mol. The van der Waals surface area contributed by atoms with Crippen LogP contribution in [0.25, 0.3) is 11.4 Å². The van der Waals surface area contributed by atoms with E-state index in [1.54, 1.807) is 12.5 Å². The maximum Gasteiger partial charge on any atom is 0.161 e. The summed E-state index contributed by atoms with van der Waals surface area (Å²) in [5.74, 6) is 1.79. The molecule has 5 heteroatoms. The minimum atomic E-state index is 0.872. The van der Waals surface area contributed by atoms with Crippen LogP contribution in [0.3, 0.4) is 0 Å². The Hall–Kier alpha value is -1.91. The van der Waals surface area contributed by atoms with Gasteiger partial charge in [-0.05, 0) is 18.6 Å². The van der Waals surface area contributed by atoms with Crippen LogP contribution in [-0.4, -0.2) is 33.8 Å². The van der Waals surface area contributed by atoms with Crippen molar-refractivity contribution in [3.8, 4) is 11.4 Å². The van der Waals surface area contributed by atoms with E-state index in [2.05, 4.69) is 22.0 Å². The molecule has 0 radical (unpaired) electrons. The van der Waals surface area contributed by atoms with Crippen molar-refractivity contribution in [2.45, 2.75) is 19.9 Å². The van der Waals surface area contributed by atoms with Gasteiger partial charge in [0, 0.05) is 26.8 Å². The van der Waals surface area contributed by atoms with Gasteiger partial charge in [-0.15, -0.1) is 0 Å². The molecule has 2 rings (SSSR count). The summed E-state index contributed by atoms with van der Waals surface area (Å²) in [5.41, 5.74) is 1.02. The number of hydrogen-bond donors (Lipinski definition) is 0. The fourth-order valence-corrected chi connectivity index (χ4v) is 1.78. The van der Waals surface area contributed by atoms with Crippen LogP contribution in [0.2, 0.25) is 0 Å². The van der Waals surface area contributed by atoms with E-state index in [1.807, 2.05) is 35.8 Å². The molecular formula is C12H17N5. The SMILES string of the molecule is CCCn1ncnc1-c1cccnc1N(C)C. The second-order valence-electron chi connectivity index (χ2n) is 4.08. The van der Waals surface area contributed by atoms with Crippen molar-refractivity contribution >= 4 is 5.82 Å². The molecule has 0 amide bonds. The van der Waals surface area contributed by atoms with Gasteiger partial charge in [0.15, 0.2) is 5.82 Å². The predicted molar refractivity (Wildman–Crippen MR) is 67.9 cm³/mol. The number of anilines is 1. The van der Waals surface area contributed by atoms with Gasteiger partial charge >= 0.3 is 0 Å². The molecule has 2 heterocycles. The highest BCUT2D eigenvalue weighted by Crippen LogP contribution is 2.25. The highest BCUT2D eigenvalue weighted by molar-refractivity contribution is 5.70. The van der Waals surface area contributed by atoms with Crippen molar-refractivity contribution in [3.63, 3.8) is 0 Å². The zero-order chi connectivity index (χ0) is 12.3. The maximum atomic E-state index is 4.38. The van der Waals surface area contributed by atoms with E-state index < -0.39 is 0 Å². The van der Waals surface area contributed by atoms with E-state index in [9.17, 15) is 0 Å². The van der Waals surface area contributed by atoms with Crippen molar-refractivity contribution in [2.75, 3.05) is 19.0 Å². The van der Waals surface area contributed by atoms with Crippen LogP contribution in [0.5, 0.6) is 0 Å². The molecule has 0 aromatic carbocycles. The molecule has 0 saturated heterocycles. The molecule has 0 fully saturated rings. The summed E-state index contributed by atoms with van der Waals surface area (Å²) in [5, 5.41) is 4.24. The summed E-state index contributed by atoms with van der Waals surface area (Å²) in [4.78, 5) is 10.7. The zero-order valence-electron chi connectivity index (χ0n) is 10.5. The Labute approximate surface area is 101 Å². The molecular weight excluding hydrogens is 214 g/mol. The Balaban J connectivity index is 2.48. The van der Waals surface area contributed by atoms with Crippen LogP contribution in [0.1, 0.15) is 13.3 Å². The summed E-state index contributed by atoms with van der Waals surface area (Å²) >= 11 is 0. The molecule has 0 aliphatic heterocycles. The third-order valence-corrected chi connectivity index (χ3v) is 2.50. The second-order valence-corrected chi connectivity index (χ2v) is 4.08. The average molecular weight is 231 g/mol. The summed E-state index contributed by atoms with van der Waals surface area (Å²) < 4.78 is 1.92. The Kier molecular flexibility index (Phi) is 3.37. The number of hydrogen-bond acceptors (Lipinski definition) is 4. The molecule has 0 atom stereocenters. The molecule has 17 heavy (non-hydrogen) atoms. The van der Waals surface area contributed by atoms with Crippen molar-refractivity contribution in [3.05, 3.63) is 24.7 Å². The first-order valence-corrected chi connectivity index (χ1v) is 5.74. The molecule has 0 aliphatic rings. The predicted octanol–water partition coefficient (Wildman–Crippen LogP) is 1.82. The molecule has 0 spiro atoms. The van der Waals surface area contributed by atoms with E-state index in [0.29, 0.717) is 0 Å². The number of rotatable bonds is 4. The minimum absolute atomic E-state index is 0.872. The lowest BCUT2D eigenvalue weighted by atomic mass is 10.2. The van der Waals surface area contributed by atoms with Gasteiger partial charge in [0.1, 0.15) is 12.1 Å². The summed E-state index contributed by atoms with van der Waals surface area (Å²) in [7, 11) is 3.96. The zero-order valence-corrected chi connectivity index (χ0v) is 10.5. The quantitative estimate of drug-likeness (QED) is 0.805. The molecule has 0 unspecified atom stereocenters. The molecule has 0 saturated carbocycles. The lowest BCUT2D eigenvalue weighted by molar-refractivity contribution is 0.608. The van der Waals surface area contributed by atoms with Crippen LogP contribution in [-0.2, 0) is 6.54 Å².